The van der Waals surface area contributed by atoms with Crippen molar-refractivity contribution >= 4 is 50.6 Å². The molecule has 228 valence electrons. The molecule has 0 aliphatic carbocycles. The Morgan fingerprint density at radius 3 is 2.37 bits per heavy atom. The van der Waals surface area contributed by atoms with E-state index in [1.807, 2.05) is 6.20 Å². The van der Waals surface area contributed by atoms with Gasteiger partial charge in [0.15, 0.2) is 0 Å². The summed E-state index contributed by atoms with van der Waals surface area (Å²) < 4.78 is 2.26. The van der Waals surface area contributed by atoms with Gasteiger partial charge in [0.25, 0.3) is 0 Å². The van der Waals surface area contributed by atoms with Crippen molar-refractivity contribution < 1.29 is 21.1 Å². The fraction of sp³-hybridized carbons (Fsp3) is 0.125. The van der Waals surface area contributed by atoms with Crippen LogP contribution in [0.2, 0.25) is 0 Å². The van der Waals surface area contributed by atoms with E-state index in [0.29, 0.717) is 5.92 Å². The van der Waals surface area contributed by atoms with Gasteiger partial charge in [-0.3, -0.25) is 0 Å². The summed E-state index contributed by atoms with van der Waals surface area (Å²) in [6.45, 7) is 5.30. The number of aromatic nitrogens is 2. The van der Waals surface area contributed by atoms with E-state index in [0.717, 1.165) is 39.0 Å². The molecule has 5 aromatic carbocycles. The molecule has 0 bridgehead atoms. The Balaban J connectivity index is 0.00000338. The predicted molar refractivity (Wildman–Crippen MR) is 188 cm³/mol. The van der Waals surface area contributed by atoms with E-state index in [9.17, 15) is 0 Å². The Kier molecular flexibility index (Phi) is 8.23. The van der Waals surface area contributed by atoms with E-state index < -0.39 is 0 Å². The summed E-state index contributed by atoms with van der Waals surface area (Å²) in [6, 6.07) is 48.4. The van der Waals surface area contributed by atoms with Gasteiger partial charge in [-0.15, -0.1) is 45.1 Å². The number of hydrogen-bond donors (Lipinski definition) is 0. The average molecular weight is 796 g/mol. The third-order valence-corrected chi connectivity index (χ3v) is 9.54. The van der Waals surface area contributed by atoms with Gasteiger partial charge in [0.2, 0.25) is 0 Å². The number of para-hydroxylation sites is 3. The first-order chi connectivity index (χ1) is 22.0. The number of nitrogens with zero attached hydrogens (tertiary/aromatic N) is 4. The molecule has 6 heteroatoms. The maximum atomic E-state index is 4.90. The van der Waals surface area contributed by atoms with Crippen LogP contribution in [0.1, 0.15) is 25.3 Å². The number of fused-ring (bicyclic) bond motifs is 4. The Labute approximate surface area is 289 Å². The standard InChI is InChI=1S/C40H32N4S.Pt/c1-27(2)32-13-4-5-14-33(32)28-21-22-41-40(23-28)44-36-16-7-6-15-34(36)35-20-19-31(25-39(35)44)45-30-12-10-11-29(24-30)43-26-42(3)37-17-8-9-18-38(37)43;/h4-23,27H,26H2,1-3H3;/q-2;+2. The number of hydrogen-bond acceptors (Lipinski definition) is 4. The van der Waals surface area contributed by atoms with Gasteiger partial charge in [-0.25, -0.2) is 4.98 Å². The van der Waals surface area contributed by atoms with Gasteiger partial charge < -0.3 is 14.4 Å². The first-order valence-corrected chi connectivity index (χ1v) is 16.2. The topological polar surface area (TPSA) is 24.3 Å². The summed E-state index contributed by atoms with van der Waals surface area (Å²) in [6.07, 6.45) is 1.93. The molecule has 0 spiro atoms. The van der Waals surface area contributed by atoms with Crippen LogP contribution >= 0.6 is 11.8 Å². The van der Waals surface area contributed by atoms with E-state index in [4.69, 9.17) is 4.98 Å². The van der Waals surface area contributed by atoms with Crippen molar-refractivity contribution in [3.63, 3.8) is 0 Å². The van der Waals surface area contributed by atoms with Crippen LogP contribution in [0.4, 0.5) is 17.1 Å². The molecule has 0 amide bonds. The predicted octanol–water partition coefficient (Wildman–Crippen LogP) is 10.3. The van der Waals surface area contributed by atoms with E-state index >= 15 is 0 Å². The second-order valence-corrected chi connectivity index (χ2v) is 12.9. The van der Waals surface area contributed by atoms with E-state index in [1.54, 1.807) is 11.8 Å². The first kappa shape index (κ1) is 30.3. The minimum Gasteiger partial charge on any atom is -0.355 e. The van der Waals surface area contributed by atoms with Crippen LogP contribution in [0.3, 0.4) is 0 Å². The number of benzene rings is 5. The molecule has 0 fully saturated rings. The molecular weight excluding hydrogens is 764 g/mol. The minimum absolute atomic E-state index is 0. The number of anilines is 3. The largest absolute Gasteiger partial charge is 2.00 e. The second-order valence-electron chi connectivity index (χ2n) is 11.8. The Hall–Kier alpha value is -4.31. The molecule has 0 saturated carbocycles. The molecule has 1 aliphatic heterocycles. The summed E-state index contributed by atoms with van der Waals surface area (Å²) in [5.74, 6) is 1.32. The Bertz CT molecular complexity index is 2200. The van der Waals surface area contributed by atoms with Crippen LogP contribution in [0.15, 0.2) is 131 Å². The zero-order valence-electron chi connectivity index (χ0n) is 25.8. The molecule has 3 heterocycles. The molecule has 46 heavy (non-hydrogen) atoms. The minimum atomic E-state index is 0. The third kappa shape index (κ3) is 5.32. The smallest absolute Gasteiger partial charge is 0.355 e. The molecule has 1 aliphatic rings. The van der Waals surface area contributed by atoms with Gasteiger partial charge in [0.1, 0.15) is 5.82 Å². The molecule has 7 aromatic rings. The quantitative estimate of drug-likeness (QED) is 0.157. The van der Waals surface area contributed by atoms with Gasteiger partial charge in [0, 0.05) is 18.8 Å². The molecule has 2 aromatic heterocycles. The third-order valence-electron chi connectivity index (χ3n) is 8.63. The van der Waals surface area contributed by atoms with Gasteiger partial charge >= 0.3 is 21.1 Å². The van der Waals surface area contributed by atoms with Crippen LogP contribution < -0.4 is 9.80 Å². The van der Waals surface area contributed by atoms with Gasteiger partial charge in [-0.05, 0) is 58.3 Å². The summed E-state index contributed by atoms with van der Waals surface area (Å²) in [5.41, 5.74) is 9.41. The maximum Gasteiger partial charge on any atom is 2.00 e. The molecule has 0 saturated heterocycles. The summed E-state index contributed by atoms with van der Waals surface area (Å²) in [7, 11) is 2.13. The Morgan fingerprint density at radius 2 is 1.50 bits per heavy atom. The SMILES string of the molecule is CC(C)c1ccccc1-c1ccnc(-n2c3[c-]c(Sc4[c-]c(N5CN(C)c6ccccc65)ccc4)ccc3c3ccccc32)c1.[Pt+2]. The molecule has 8 rings (SSSR count). The zero-order chi connectivity index (χ0) is 30.5. The molecule has 0 unspecified atom stereocenters. The van der Waals surface area contributed by atoms with E-state index in [2.05, 4.69) is 163 Å². The van der Waals surface area contributed by atoms with Crippen LogP contribution in [-0.4, -0.2) is 23.3 Å². The molecular formula is C40H32N4PtS. The van der Waals surface area contributed by atoms with Crippen molar-refractivity contribution in [2.24, 2.45) is 0 Å². The molecule has 0 atom stereocenters. The van der Waals surface area contributed by atoms with Crippen molar-refractivity contribution in [1.82, 2.24) is 9.55 Å². The average Bonchev–Trinajstić information content (AvgIpc) is 3.59. The van der Waals surface area contributed by atoms with Gasteiger partial charge in [-0.2, -0.15) is 24.3 Å². The Morgan fingerprint density at radius 1 is 0.739 bits per heavy atom. The summed E-state index contributed by atoms with van der Waals surface area (Å²) in [4.78, 5) is 11.6. The number of rotatable bonds is 6. The molecule has 0 radical (unpaired) electrons. The van der Waals surface area contributed by atoms with Crippen molar-refractivity contribution in [2.45, 2.75) is 29.6 Å². The van der Waals surface area contributed by atoms with Crippen molar-refractivity contribution in [2.75, 3.05) is 23.5 Å². The van der Waals surface area contributed by atoms with E-state index in [1.165, 1.54) is 38.8 Å². The fourth-order valence-corrected chi connectivity index (χ4v) is 7.32. The second kappa shape index (κ2) is 12.5. The summed E-state index contributed by atoms with van der Waals surface area (Å²) >= 11 is 1.69. The van der Waals surface area contributed by atoms with Crippen molar-refractivity contribution in [3.8, 4) is 16.9 Å². The van der Waals surface area contributed by atoms with Gasteiger partial charge in [0.05, 0.1) is 18.0 Å². The number of pyridine rings is 1. The summed E-state index contributed by atoms with van der Waals surface area (Å²) in [5, 5.41) is 2.36. The fourth-order valence-electron chi connectivity index (χ4n) is 6.50. The van der Waals surface area contributed by atoms with E-state index in [-0.39, 0.29) is 21.1 Å². The van der Waals surface area contributed by atoms with Crippen LogP contribution in [0, 0.1) is 12.1 Å². The van der Waals surface area contributed by atoms with Crippen molar-refractivity contribution in [3.05, 3.63) is 139 Å². The monoisotopic (exact) mass is 795 g/mol. The van der Waals surface area contributed by atoms with Crippen LogP contribution in [-0.2, 0) is 21.1 Å². The van der Waals surface area contributed by atoms with Gasteiger partial charge in [-0.1, -0.05) is 79.6 Å². The van der Waals surface area contributed by atoms with Crippen molar-refractivity contribution in [1.29, 1.82) is 0 Å². The first-order valence-electron chi connectivity index (χ1n) is 15.3. The molecule has 4 nitrogen and oxygen atoms in total. The zero-order valence-corrected chi connectivity index (χ0v) is 28.9. The normalized spacial score (nSPS) is 12.6. The van der Waals surface area contributed by atoms with Crippen LogP contribution in [0.5, 0.6) is 0 Å². The maximum absolute atomic E-state index is 4.90. The van der Waals surface area contributed by atoms with Crippen LogP contribution in [0.25, 0.3) is 38.8 Å². The molecule has 0 N–H and O–H groups in total.